The topological polar surface area (TPSA) is 37.3 Å². The molecule has 19 heavy (non-hydrogen) atoms. The largest absolute Gasteiger partial charge is 0.478 e. The van der Waals surface area contributed by atoms with Crippen LogP contribution in [0.15, 0.2) is 52.3 Å². The van der Waals surface area contributed by atoms with Crippen LogP contribution < -0.4 is 0 Å². The molecular formula is C15H11ClO2S. The zero-order valence-electron chi connectivity index (χ0n) is 9.97. The number of hydrogen-bond acceptors (Lipinski definition) is 2. The first-order valence-electron chi connectivity index (χ1n) is 5.92. The first-order valence-corrected chi connectivity index (χ1v) is 7.17. The van der Waals surface area contributed by atoms with Crippen molar-refractivity contribution in [2.75, 3.05) is 0 Å². The van der Waals surface area contributed by atoms with Gasteiger partial charge in [0.2, 0.25) is 0 Å². The van der Waals surface area contributed by atoms with Gasteiger partial charge in [-0.05, 0) is 41.8 Å². The molecule has 0 spiro atoms. The minimum absolute atomic E-state index is 0.189. The summed E-state index contributed by atoms with van der Waals surface area (Å²) in [5.74, 6) is -0.918. The Balaban J connectivity index is 2.11. The monoisotopic (exact) mass is 290 g/mol. The molecule has 1 atom stereocenters. The molecule has 1 aliphatic heterocycles. The maximum atomic E-state index is 11.0. The van der Waals surface area contributed by atoms with E-state index in [9.17, 15) is 4.79 Å². The van der Waals surface area contributed by atoms with Gasteiger partial charge in [-0.3, -0.25) is 0 Å². The molecule has 0 amide bonds. The van der Waals surface area contributed by atoms with Crippen molar-refractivity contribution in [2.45, 2.75) is 21.6 Å². The first kappa shape index (κ1) is 12.6. The number of aromatic carboxylic acids is 1. The number of rotatable bonds is 1. The quantitative estimate of drug-likeness (QED) is 0.792. The summed E-state index contributed by atoms with van der Waals surface area (Å²) in [6.07, 6.45) is 0.723. The number of hydrogen-bond donors (Lipinski definition) is 1. The Labute approximate surface area is 120 Å². The molecular weight excluding hydrogens is 280 g/mol. The van der Waals surface area contributed by atoms with Gasteiger partial charge >= 0.3 is 5.97 Å². The summed E-state index contributed by atoms with van der Waals surface area (Å²) in [6, 6.07) is 13.3. The Hall–Kier alpha value is -1.45. The summed E-state index contributed by atoms with van der Waals surface area (Å²) in [6.45, 7) is 0. The number of benzene rings is 2. The van der Waals surface area contributed by atoms with Crippen LogP contribution in [0.1, 0.15) is 26.9 Å². The highest BCUT2D eigenvalue weighted by atomic mass is 35.5. The van der Waals surface area contributed by atoms with Crippen LogP contribution in [-0.4, -0.2) is 11.1 Å². The van der Waals surface area contributed by atoms with Gasteiger partial charge in [-0.2, -0.15) is 0 Å². The van der Waals surface area contributed by atoms with Gasteiger partial charge in [0.1, 0.15) is 0 Å². The van der Waals surface area contributed by atoms with Crippen molar-refractivity contribution < 1.29 is 9.90 Å². The highest BCUT2D eigenvalue weighted by Gasteiger charge is 2.22. The van der Waals surface area contributed by atoms with Crippen LogP contribution in [0.5, 0.6) is 0 Å². The van der Waals surface area contributed by atoms with E-state index in [4.69, 9.17) is 16.7 Å². The first-order chi connectivity index (χ1) is 9.15. The highest BCUT2D eigenvalue weighted by molar-refractivity contribution is 7.99. The molecule has 0 aromatic heterocycles. The molecule has 0 radical (unpaired) electrons. The zero-order chi connectivity index (χ0) is 13.4. The van der Waals surface area contributed by atoms with Gasteiger partial charge in [-0.1, -0.05) is 30.0 Å². The van der Waals surface area contributed by atoms with Crippen LogP contribution in [0.25, 0.3) is 0 Å². The predicted octanol–water partition coefficient (Wildman–Crippen LogP) is 4.37. The standard InChI is InChI=1S/C15H11ClO2S/c16-12-8-9-3-1-2-4-13(9)19-14-6-5-10(15(17)18)7-11(12)14/h1-7,12H,8H2,(H,17,18). The van der Waals surface area contributed by atoms with Gasteiger partial charge in [0.25, 0.3) is 0 Å². The molecule has 2 nitrogen and oxygen atoms in total. The number of fused-ring (bicyclic) bond motifs is 2. The number of carbonyl (C=O) groups is 1. The van der Waals surface area contributed by atoms with Crippen LogP contribution in [0.2, 0.25) is 0 Å². The van der Waals surface area contributed by atoms with E-state index >= 15 is 0 Å². The van der Waals surface area contributed by atoms with Gasteiger partial charge in [0, 0.05) is 9.79 Å². The normalized spacial score (nSPS) is 17.2. The van der Waals surface area contributed by atoms with Crippen molar-refractivity contribution in [3.8, 4) is 0 Å². The van der Waals surface area contributed by atoms with Crippen molar-refractivity contribution in [1.82, 2.24) is 0 Å². The maximum Gasteiger partial charge on any atom is 0.335 e. The second kappa shape index (κ2) is 4.91. The van der Waals surface area contributed by atoms with Crippen molar-refractivity contribution >= 4 is 29.3 Å². The lowest BCUT2D eigenvalue weighted by Crippen LogP contribution is -2.01. The third-order valence-corrected chi connectivity index (χ3v) is 4.79. The van der Waals surface area contributed by atoms with E-state index in [2.05, 4.69) is 12.1 Å². The SMILES string of the molecule is O=C(O)c1ccc2c(c1)C(Cl)Cc1ccccc1S2. The summed E-state index contributed by atoms with van der Waals surface area (Å²) < 4.78 is 0. The fourth-order valence-corrected chi connectivity index (χ4v) is 3.75. The van der Waals surface area contributed by atoms with E-state index in [-0.39, 0.29) is 10.9 Å². The number of carboxylic acids is 1. The Morgan fingerprint density at radius 3 is 2.79 bits per heavy atom. The molecule has 4 heteroatoms. The third-order valence-electron chi connectivity index (χ3n) is 3.19. The third kappa shape index (κ3) is 2.36. The van der Waals surface area contributed by atoms with Gasteiger partial charge in [0.05, 0.1) is 10.9 Å². The number of halogens is 1. The lowest BCUT2D eigenvalue weighted by Gasteiger charge is -2.10. The summed E-state index contributed by atoms with van der Waals surface area (Å²) >= 11 is 8.10. The Bertz CT molecular complexity index is 654. The highest BCUT2D eigenvalue weighted by Crippen LogP contribution is 2.43. The Morgan fingerprint density at radius 2 is 2.00 bits per heavy atom. The minimum Gasteiger partial charge on any atom is -0.478 e. The van der Waals surface area contributed by atoms with Gasteiger partial charge in [-0.25, -0.2) is 4.79 Å². The molecule has 0 saturated heterocycles. The smallest absolute Gasteiger partial charge is 0.335 e. The molecule has 1 heterocycles. The summed E-state index contributed by atoms with van der Waals surface area (Å²) in [7, 11) is 0. The van der Waals surface area contributed by atoms with Crippen LogP contribution in [-0.2, 0) is 6.42 Å². The summed E-state index contributed by atoms with van der Waals surface area (Å²) in [5, 5.41) is 8.88. The molecule has 96 valence electrons. The summed E-state index contributed by atoms with van der Waals surface area (Å²) in [4.78, 5) is 13.3. The average Bonchev–Trinajstić information content (AvgIpc) is 2.54. The predicted molar refractivity (Wildman–Crippen MR) is 76.3 cm³/mol. The molecule has 1 unspecified atom stereocenters. The van der Waals surface area contributed by atoms with Gasteiger partial charge < -0.3 is 5.11 Å². The molecule has 0 aliphatic carbocycles. The van der Waals surface area contributed by atoms with Crippen LogP contribution >= 0.6 is 23.4 Å². The van der Waals surface area contributed by atoms with Crippen molar-refractivity contribution in [2.24, 2.45) is 0 Å². The molecule has 0 fully saturated rings. The second-order valence-electron chi connectivity index (χ2n) is 4.44. The van der Waals surface area contributed by atoms with E-state index in [0.29, 0.717) is 0 Å². The molecule has 0 bridgehead atoms. The Kier molecular flexibility index (Phi) is 3.25. The van der Waals surface area contributed by atoms with E-state index in [0.717, 1.165) is 16.9 Å². The number of carboxylic acid groups (broad SMARTS) is 1. The molecule has 2 aromatic carbocycles. The van der Waals surface area contributed by atoms with Crippen molar-refractivity contribution in [3.05, 3.63) is 59.2 Å². The van der Waals surface area contributed by atoms with E-state index < -0.39 is 5.97 Å². The minimum atomic E-state index is -0.918. The lowest BCUT2D eigenvalue weighted by atomic mass is 10.0. The lowest BCUT2D eigenvalue weighted by molar-refractivity contribution is 0.0696. The van der Waals surface area contributed by atoms with E-state index in [1.807, 2.05) is 18.2 Å². The van der Waals surface area contributed by atoms with E-state index in [1.165, 1.54) is 10.5 Å². The fraction of sp³-hybridized carbons (Fsp3) is 0.133. The van der Waals surface area contributed by atoms with Crippen molar-refractivity contribution in [3.63, 3.8) is 0 Å². The van der Waals surface area contributed by atoms with Crippen molar-refractivity contribution in [1.29, 1.82) is 0 Å². The molecule has 0 saturated carbocycles. The molecule has 1 aliphatic rings. The Morgan fingerprint density at radius 1 is 1.21 bits per heavy atom. The van der Waals surface area contributed by atoms with E-state index in [1.54, 1.807) is 23.9 Å². The van der Waals surface area contributed by atoms with Crippen LogP contribution in [0.3, 0.4) is 0 Å². The van der Waals surface area contributed by atoms with Gasteiger partial charge in [-0.15, -0.1) is 11.6 Å². The average molecular weight is 291 g/mol. The molecule has 2 aromatic rings. The van der Waals surface area contributed by atoms with Gasteiger partial charge in [0.15, 0.2) is 0 Å². The summed E-state index contributed by atoms with van der Waals surface area (Å²) in [5.41, 5.74) is 2.40. The zero-order valence-corrected chi connectivity index (χ0v) is 11.5. The maximum absolute atomic E-state index is 11.0. The molecule has 3 rings (SSSR count). The second-order valence-corrected chi connectivity index (χ2v) is 6.05. The number of alkyl halides is 1. The molecule has 1 N–H and O–H groups in total. The van der Waals surface area contributed by atoms with Crippen LogP contribution in [0, 0.1) is 0 Å². The fourth-order valence-electron chi connectivity index (χ4n) is 2.21. The van der Waals surface area contributed by atoms with Crippen LogP contribution in [0.4, 0.5) is 0 Å².